The first kappa shape index (κ1) is 25.8. The highest BCUT2D eigenvalue weighted by atomic mass is 127. The quantitative estimate of drug-likeness (QED) is 0.0857. The van der Waals surface area contributed by atoms with E-state index in [0.717, 1.165) is 37.5 Å². The molecule has 0 saturated carbocycles. The van der Waals surface area contributed by atoms with Crippen molar-refractivity contribution in [3.05, 3.63) is 99.1 Å². The number of benzene rings is 3. The van der Waals surface area contributed by atoms with Crippen molar-refractivity contribution in [1.82, 2.24) is 0 Å². The molecular weight excluding hydrogens is 539 g/mol. The molecule has 0 N–H and O–H groups in total. The molecule has 0 spiro atoms. The predicted molar refractivity (Wildman–Crippen MR) is 152 cm³/mol. The van der Waals surface area contributed by atoms with Crippen LogP contribution in [0, 0.1) is 3.57 Å². The van der Waals surface area contributed by atoms with Crippen LogP contribution in [0.25, 0.3) is 11.1 Å². The van der Waals surface area contributed by atoms with Gasteiger partial charge in [0.1, 0.15) is 5.75 Å². The third-order valence-corrected chi connectivity index (χ3v) is 6.84. The average molecular weight is 573 g/mol. The van der Waals surface area contributed by atoms with Crippen LogP contribution in [0.1, 0.15) is 68.6 Å². The van der Waals surface area contributed by atoms with Crippen LogP contribution in [0.15, 0.2) is 78.9 Å². The summed E-state index contributed by atoms with van der Waals surface area (Å²) in [6, 6.07) is 28.2. The number of allylic oxidation sites excluding steroid dienone is 1. The molecule has 0 aromatic heterocycles. The van der Waals surface area contributed by atoms with Crippen LogP contribution in [-0.4, -0.2) is 12.5 Å². The van der Waals surface area contributed by atoms with Crippen LogP contribution in [0.3, 0.4) is 0 Å². The van der Waals surface area contributed by atoms with Crippen LogP contribution >= 0.6 is 34.2 Å². The van der Waals surface area contributed by atoms with Gasteiger partial charge in [-0.05, 0) is 94.0 Å². The van der Waals surface area contributed by atoms with Crippen LogP contribution < -0.4 is 4.74 Å². The Bertz CT molecular complexity index is 978. The maximum atomic E-state index is 6.02. The summed E-state index contributed by atoms with van der Waals surface area (Å²) in [7, 11) is 0. The van der Waals surface area contributed by atoms with Gasteiger partial charge in [-0.25, -0.2) is 0 Å². The zero-order valence-corrected chi connectivity index (χ0v) is 22.4. The molecule has 0 radical (unpaired) electrons. The molecule has 174 valence electrons. The van der Waals surface area contributed by atoms with Crippen molar-refractivity contribution in [2.75, 3.05) is 12.5 Å². The first-order chi connectivity index (χ1) is 16.2. The molecule has 0 aliphatic rings. The lowest BCUT2D eigenvalue weighted by Crippen LogP contribution is -1.98. The van der Waals surface area contributed by atoms with E-state index in [9.17, 15) is 0 Å². The maximum Gasteiger partial charge on any atom is 0.119 e. The Morgan fingerprint density at radius 3 is 1.88 bits per heavy atom. The second kappa shape index (κ2) is 14.5. The minimum Gasteiger partial charge on any atom is -0.494 e. The normalized spacial score (nSPS) is 11.8. The number of unbranched alkanes of at least 4 members (excludes halogenated alkanes) is 5. The summed E-state index contributed by atoms with van der Waals surface area (Å²) in [5, 5.41) is 0. The van der Waals surface area contributed by atoms with E-state index in [2.05, 4.69) is 108 Å². The lowest BCUT2D eigenvalue weighted by molar-refractivity contribution is 0.304. The highest BCUT2D eigenvalue weighted by molar-refractivity contribution is 14.1. The zero-order valence-electron chi connectivity index (χ0n) is 19.5. The van der Waals surface area contributed by atoms with Crippen molar-refractivity contribution in [2.45, 2.75) is 51.9 Å². The Kier molecular flexibility index (Phi) is 11.3. The van der Waals surface area contributed by atoms with E-state index in [4.69, 9.17) is 16.3 Å². The SMILES string of the molecule is CC/C(=C(\c1ccc(I)cc1)c1ccc(OCCCCCCCCCl)cc1)c1ccccc1. The fraction of sp³-hybridized carbons (Fsp3) is 0.333. The van der Waals surface area contributed by atoms with Crippen LogP contribution in [0.2, 0.25) is 0 Å². The second-order valence-electron chi connectivity index (χ2n) is 8.26. The molecule has 0 unspecified atom stereocenters. The van der Waals surface area contributed by atoms with E-state index in [1.807, 2.05) is 0 Å². The number of halogens is 2. The molecule has 0 amide bonds. The molecule has 1 nitrogen and oxygen atoms in total. The first-order valence-electron chi connectivity index (χ1n) is 12.1. The molecule has 3 rings (SSSR count). The minimum absolute atomic E-state index is 0.777. The minimum atomic E-state index is 0.777. The van der Waals surface area contributed by atoms with Crippen LogP contribution in [0.5, 0.6) is 5.75 Å². The van der Waals surface area contributed by atoms with Gasteiger partial charge in [-0.15, -0.1) is 11.6 Å². The fourth-order valence-electron chi connectivity index (χ4n) is 4.11. The molecule has 0 bridgehead atoms. The Hall–Kier alpha value is -1.78. The largest absolute Gasteiger partial charge is 0.494 e. The maximum absolute atomic E-state index is 6.02. The van der Waals surface area contributed by atoms with Gasteiger partial charge in [0.2, 0.25) is 0 Å². The van der Waals surface area contributed by atoms with Crippen molar-refractivity contribution >= 4 is 45.3 Å². The summed E-state index contributed by atoms with van der Waals surface area (Å²) < 4.78 is 7.27. The number of hydrogen-bond donors (Lipinski definition) is 0. The molecular formula is C30H34ClIO. The molecule has 0 aliphatic carbocycles. The van der Waals surface area contributed by atoms with Crippen LogP contribution in [-0.2, 0) is 0 Å². The molecule has 3 heteroatoms. The van der Waals surface area contributed by atoms with E-state index in [-0.39, 0.29) is 0 Å². The standard InChI is InChI=1S/C30H34ClIO/c1-2-29(24-12-8-7-9-13-24)30(25-14-18-27(32)19-15-25)26-16-20-28(21-17-26)33-23-11-6-4-3-5-10-22-31/h7-9,12-21H,2-6,10-11,22-23H2,1H3/b30-29-. The molecule has 0 aliphatic heterocycles. The van der Waals surface area contributed by atoms with E-state index >= 15 is 0 Å². The van der Waals surface area contributed by atoms with Gasteiger partial charge in [0.25, 0.3) is 0 Å². The molecule has 0 atom stereocenters. The van der Waals surface area contributed by atoms with Gasteiger partial charge in [0.15, 0.2) is 0 Å². The van der Waals surface area contributed by atoms with Crippen molar-refractivity contribution in [2.24, 2.45) is 0 Å². The van der Waals surface area contributed by atoms with E-state index < -0.39 is 0 Å². The first-order valence-corrected chi connectivity index (χ1v) is 13.7. The third kappa shape index (κ3) is 8.19. The molecule has 0 saturated heterocycles. The second-order valence-corrected chi connectivity index (χ2v) is 9.89. The Morgan fingerprint density at radius 2 is 1.27 bits per heavy atom. The molecule has 3 aromatic rings. The summed E-state index contributed by atoms with van der Waals surface area (Å²) in [6.45, 7) is 3.01. The van der Waals surface area contributed by atoms with E-state index in [0.29, 0.717) is 0 Å². The highest BCUT2D eigenvalue weighted by Crippen LogP contribution is 2.35. The van der Waals surface area contributed by atoms with Gasteiger partial charge < -0.3 is 4.74 Å². The molecule has 0 heterocycles. The number of ether oxygens (including phenoxy) is 1. The average Bonchev–Trinajstić information content (AvgIpc) is 2.86. The summed E-state index contributed by atoms with van der Waals surface area (Å²) in [5.74, 6) is 1.73. The van der Waals surface area contributed by atoms with E-state index in [1.165, 1.54) is 57.1 Å². The predicted octanol–water partition coefficient (Wildman–Crippen LogP) is 9.62. The zero-order chi connectivity index (χ0) is 23.3. The molecule has 3 aromatic carbocycles. The smallest absolute Gasteiger partial charge is 0.119 e. The molecule has 33 heavy (non-hydrogen) atoms. The number of hydrogen-bond acceptors (Lipinski definition) is 1. The van der Waals surface area contributed by atoms with Crippen molar-refractivity contribution in [3.8, 4) is 5.75 Å². The monoisotopic (exact) mass is 572 g/mol. The topological polar surface area (TPSA) is 9.23 Å². The lowest BCUT2D eigenvalue weighted by atomic mass is 9.88. The van der Waals surface area contributed by atoms with Crippen molar-refractivity contribution < 1.29 is 4.74 Å². The van der Waals surface area contributed by atoms with Gasteiger partial charge in [-0.1, -0.05) is 87.2 Å². The highest BCUT2D eigenvalue weighted by Gasteiger charge is 2.13. The number of alkyl halides is 1. The Morgan fingerprint density at radius 1 is 0.697 bits per heavy atom. The summed E-state index contributed by atoms with van der Waals surface area (Å²) >= 11 is 8.10. The van der Waals surface area contributed by atoms with Gasteiger partial charge in [-0.3, -0.25) is 0 Å². The number of rotatable bonds is 13. The van der Waals surface area contributed by atoms with Crippen LogP contribution in [0.4, 0.5) is 0 Å². The lowest BCUT2D eigenvalue weighted by Gasteiger charge is -2.17. The van der Waals surface area contributed by atoms with Gasteiger partial charge >= 0.3 is 0 Å². The Labute approximate surface area is 218 Å². The summed E-state index contributed by atoms with van der Waals surface area (Å²) in [6.07, 6.45) is 8.20. The van der Waals surface area contributed by atoms with Crippen molar-refractivity contribution in [1.29, 1.82) is 0 Å². The third-order valence-electron chi connectivity index (χ3n) is 5.85. The fourth-order valence-corrected chi connectivity index (χ4v) is 4.66. The van der Waals surface area contributed by atoms with Gasteiger partial charge in [-0.2, -0.15) is 0 Å². The van der Waals surface area contributed by atoms with E-state index in [1.54, 1.807) is 0 Å². The summed E-state index contributed by atoms with van der Waals surface area (Å²) in [4.78, 5) is 0. The van der Waals surface area contributed by atoms with Crippen molar-refractivity contribution in [3.63, 3.8) is 0 Å². The summed E-state index contributed by atoms with van der Waals surface area (Å²) in [5.41, 5.74) is 6.41. The van der Waals surface area contributed by atoms with Gasteiger partial charge in [0, 0.05) is 9.45 Å². The van der Waals surface area contributed by atoms with Gasteiger partial charge in [0.05, 0.1) is 6.61 Å². The molecule has 0 fully saturated rings. The Balaban J connectivity index is 1.74.